The summed E-state index contributed by atoms with van der Waals surface area (Å²) in [6, 6.07) is 0. The first kappa shape index (κ1) is 12.9. The predicted molar refractivity (Wildman–Crippen MR) is 61.0 cm³/mol. The summed E-state index contributed by atoms with van der Waals surface area (Å²) in [5.41, 5.74) is 0. The minimum absolute atomic E-state index is 0.611. The van der Waals surface area contributed by atoms with Crippen LogP contribution in [0.5, 0.6) is 0 Å². The Hall–Kier alpha value is -1.05. The van der Waals surface area contributed by atoms with Gasteiger partial charge in [0, 0.05) is 13.6 Å². The van der Waals surface area contributed by atoms with Gasteiger partial charge < -0.3 is 4.90 Å². The van der Waals surface area contributed by atoms with Gasteiger partial charge in [0.2, 0.25) is 6.41 Å². The molecular weight excluding hydrogens is 174 g/mol. The smallest absolute Gasteiger partial charge is 0.209 e. The minimum atomic E-state index is 0.611. The molecule has 2 heteroatoms. The normalized spacial score (nSPS) is 12.7. The monoisotopic (exact) mass is 195 g/mol. The van der Waals surface area contributed by atoms with Gasteiger partial charge >= 0.3 is 0 Å². The van der Waals surface area contributed by atoms with Crippen LogP contribution in [0.2, 0.25) is 0 Å². The molecule has 0 aromatic heterocycles. The van der Waals surface area contributed by atoms with Crippen LogP contribution in [0.1, 0.15) is 26.2 Å². The zero-order valence-electron chi connectivity index (χ0n) is 9.28. The standard InChI is InChI=1S/C12H21NO/c1-4-6-7-8-9-12(5-2)10-13(3)11-14/h4,6-7,11-12H,1,5,8-10H2,2-3H3/b7-6-/t12-/m1/s1. The number of nitrogens with zero attached hydrogens (tertiary/aromatic N) is 1. The zero-order chi connectivity index (χ0) is 10.8. The van der Waals surface area contributed by atoms with E-state index in [0.717, 1.165) is 32.2 Å². The quantitative estimate of drug-likeness (QED) is 0.430. The van der Waals surface area contributed by atoms with Crippen molar-refractivity contribution >= 4 is 6.41 Å². The molecule has 0 heterocycles. The van der Waals surface area contributed by atoms with Crippen molar-refractivity contribution in [2.24, 2.45) is 5.92 Å². The van der Waals surface area contributed by atoms with Gasteiger partial charge in [0.25, 0.3) is 0 Å². The lowest BCUT2D eigenvalue weighted by atomic mass is 10.00. The number of hydrogen-bond donors (Lipinski definition) is 0. The fraction of sp³-hybridized carbons (Fsp3) is 0.583. The lowest BCUT2D eigenvalue weighted by Gasteiger charge is -2.18. The maximum Gasteiger partial charge on any atom is 0.209 e. The predicted octanol–water partition coefficient (Wildman–Crippen LogP) is 2.62. The molecule has 0 radical (unpaired) electrons. The van der Waals surface area contributed by atoms with Crippen LogP contribution in [0.3, 0.4) is 0 Å². The molecule has 0 aliphatic rings. The van der Waals surface area contributed by atoms with Crippen LogP contribution in [0, 0.1) is 5.92 Å². The molecular formula is C12H21NO. The highest BCUT2D eigenvalue weighted by molar-refractivity contribution is 5.46. The van der Waals surface area contributed by atoms with Gasteiger partial charge in [-0.3, -0.25) is 4.79 Å². The highest BCUT2D eigenvalue weighted by Crippen LogP contribution is 2.12. The third-order valence-corrected chi connectivity index (χ3v) is 2.32. The van der Waals surface area contributed by atoms with Crippen molar-refractivity contribution in [1.29, 1.82) is 0 Å². The Morgan fingerprint density at radius 2 is 2.21 bits per heavy atom. The third-order valence-electron chi connectivity index (χ3n) is 2.32. The molecule has 1 atom stereocenters. The molecule has 0 spiro atoms. The first-order chi connectivity index (χ1) is 6.74. The Labute approximate surface area is 87.3 Å². The number of allylic oxidation sites excluding steroid dienone is 3. The zero-order valence-corrected chi connectivity index (χ0v) is 9.28. The average Bonchev–Trinajstić information content (AvgIpc) is 2.22. The van der Waals surface area contributed by atoms with Crippen molar-refractivity contribution in [2.45, 2.75) is 26.2 Å². The number of rotatable bonds is 8. The maximum absolute atomic E-state index is 10.4. The van der Waals surface area contributed by atoms with Crippen LogP contribution >= 0.6 is 0 Å². The molecule has 0 saturated carbocycles. The molecule has 0 aromatic carbocycles. The first-order valence-corrected chi connectivity index (χ1v) is 5.17. The molecule has 1 amide bonds. The molecule has 14 heavy (non-hydrogen) atoms. The van der Waals surface area contributed by atoms with Crippen molar-refractivity contribution in [2.75, 3.05) is 13.6 Å². The third kappa shape index (κ3) is 6.46. The molecule has 0 bridgehead atoms. The topological polar surface area (TPSA) is 20.3 Å². The molecule has 0 unspecified atom stereocenters. The van der Waals surface area contributed by atoms with Crippen LogP contribution in [0.4, 0.5) is 0 Å². The Balaban J connectivity index is 3.72. The summed E-state index contributed by atoms with van der Waals surface area (Å²) in [5.74, 6) is 0.611. The van der Waals surface area contributed by atoms with Crippen LogP contribution in [0.25, 0.3) is 0 Å². The highest BCUT2D eigenvalue weighted by atomic mass is 16.1. The van der Waals surface area contributed by atoms with Gasteiger partial charge in [0.05, 0.1) is 0 Å². The molecule has 80 valence electrons. The minimum Gasteiger partial charge on any atom is -0.348 e. The van der Waals surface area contributed by atoms with E-state index < -0.39 is 0 Å². The second-order valence-corrected chi connectivity index (χ2v) is 3.56. The van der Waals surface area contributed by atoms with E-state index in [1.54, 1.807) is 11.0 Å². The molecule has 0 saturated heterocycles. The summed E-state index contributed by atoms with van der Waals surface area (Å²) in [4.78, 5) is 12.1. The number of amides is 1. The van der Waals surface area contributed by atoms with E-state index in [9.17, 15) is 4.79 Å². The second-order valence-electron chi connectivity index (χ2n) is 3.56. The highest BCUT2D eigenvalue weighted by Gasteiger charge is 2.06. The first-order valence-electron chi connectivity index (χ1n) is 5.17. The van der Waals surface area contributed by atoms with Gasteiger partial charge in [-0.25, -0.2) is 0 Å². The van der Waals surface area contributed by atoms with Crippen LogP contribution in [0.15, 0.2) is 24.8 Å². The van der Waals surface area contributed by atoms with Crippen molar-refractivity contribution in [1.82, 2.24) is 4.90 Å². The van der Waals surface area contributed by atoms with Gasteiger partial charge in [-0.1, -0.05) is 38.2 Å². The van der Waals surface area contributed by atoms with Crippen LogP contribution < -0.4 is 0 Å². The average molecular weight is 195 g/mol. The molecule has 0 N–H and O–H groups in total. The van der Waals surface area contributed by atoms with Crippen LogP contribution in [-0.4, -0.2) is 24.9 Å². The van der Waals surface area contributed by atoms with E-state index in [4.69, 9.17) is 0 Å². The van der Waals surface area contributed by atoms with Crippen molar-refractivity contribution in [3.05, 3.63) is 24.8 Å². The van der Waals surface area contributed by atoms with Crippen LogP contribution in [-0.2, 0) is 4.79 Å². The summed E-state index contributed by atoms with van der Waals surface area (Å²) in [6.07, 6.45) is 10.1. The van der Waals surface area contributed by atoms with E-state index >= 15 is 0 Å². The van der Waals surface area contributed by atoms with Gasteiger partial charge in [0.1, 0.15) is 0 Å². The van der Waals surface area contributed by atoms with Gasteiger partial charge in [-0.15, -0.1) is 0 Å². The van der Waals surface area contributed by atoms with E-state index in [2.05, 4.69) is 19.6 Å². The number of carbonyl (C=O) groups is 1. The Kier molecular flexibility index (Phi) is 7.90. The molecule has 2 nitrogen and oxygen atoms in total. The fourth-order valence-corrected chi connectivity index (χ4v) is 1.40. The molecule has 0 aromatic rings. The van der Waals surface area contributed by atoms with Crippen molar-refractivity contribution in [3.8, 4) is 0 Å². The number of carbonyl (C=O) groups excluding carboxylic acids is 1. The van der Waals surface area contributed by atoms with E-state index in [1.807, 2.05) is 13.1 Å². The van der Waals surface area contributed by atoms with E-state index in [1.165, 1.54) is 0 Å². The fourth-order valence-electron chi connectivity index (χ4n) is 1.40. The van der Waals surface area contributed by atoms with Crippen molar-refractivity contribution in [3.63, 3.8) is 0 Å². The summed E-state index contributed by atoms with van der Waals surface area (Å²) < 4.78 is 0. The lowest BCUT2D eigenvalue weighted by Crippen LogP contribution is -2.23. The van der Waals surface area contributed by atoms with Gasteiger partial charge in [-0.05, 0) is 18.8 Å². The molecule has 0 aliphatic carbocycles. The number of hydrogen-bond acceptors (Lipinski definition) is 1. The van der Waals surface area contributed by atoms with Gasteiger partial charge in [-0.2, -0.15) is 0 Å². The van der Waals surface area contributed by atoms with E-state index in [-0.39, 0.29) is 0 Å². The van der Waals surface area contributed by atoms with Crippen molar-refractivity contribution < 1.29 is 4.79 Å². The molecule has 0 rings (SSSR count). The molecule has 0 fully saturated rings. The summed E-state index contributed by atoms with van der Waals surface area (Å²) >= 11 is 0. The summed E-state index contributed by atoms with van der Waals surface area (Å²) in [5, 5.41) is 0. The van der Waals surface area contributed by atoms with E-state index in [0.29, 0.717) is 5.92 Å². The Bertz CT molecular complexity index is 187. The SMILES string of the molecule is C=C/C=C\CC[C@@H](CC)CN(C)C=O. The Morgan fingerprint density at radius 3 is 2.71 bits per heavy atom. The summed E-state index contributed by atoms with van der Waals surface area (Å²) in [7, 11) is 1.83. The lowest BCUT2D eigenvalue weighted by molar-refractivity contribution is -0.117. The Morgan fingerprint density at radius 1 is 1.50 bits per heavy atom. The maximum atomic E-state index is 10.4. The van der Waals surface area contributed by atoms with Gasteiger partial charge in [0.15, 0.2) is 0 Å². The molecule has 0 aliphatic heterocycles. The summed E-state index contributed by atoms with van der Waals surface area (Å²) in [6.45, 7) is 6.65. The largest absolute Gasteiger partial charge is 0.348 e. The second kappa shape index (κ2) is 8.54.